The second-order valence-electron chi connectivity index (χ2n) is 6.95. The van der Waals surface area contributed by atoms with E-state index < -0.39 is 24.0 Å². The van der Waals surface area contributed by atoms with Crippen molar-refractivity contribution in [2.75, 3.05) is 20.2 Å². The van der Waals surface area contributed by atoms with Gasteiger partial charge in [-0.3, -0.25) is 9.59 Å². The molecule has 2 N–H and O–H groups in total. The number of rotatable bonds is 7. The predicted octanol–water partition coefficient (Wildman–Crippen LogP) is 2.85. The number of ether oxygens (including phenoxy) is 1. The van der Waals surface area contributed by atoms with Crippen molar-refractivity contribution in [2.24, 2.45) is 0 Å². The summed E-state index contributed by atoms with van der Waals surface area (Å²) in [5.41, 5.74) is 4.33. The average Bonchev–Trinajstić information content (AvgIpc) is 3.05. The number of fused-ring (bicyclic) bond motifs is 3. The summed E-state index contributed by atoms with van der Waals surface area (Å²) in [7, 11) is 1.59. The molecule has 0 fully saturated rings. The van der Waals surface area contributed by atoms with Crippen LogP contribution in [0.5, 0.6) is 0 Å². The first-order valence-corrected chi connectivity index (χ1v) is 9.49. The molecule has 0 radical (unpaired) electrons. The van der Waals surface area contributed by atoms with E-state index >= 15 is 0 Å². The molecule has 7 heteroatoms. The van der Waals surface area contributed by atoms with Crippen LogP contribution < -0.4 is 5.32 Å². The topological polar surface area (TPSA) is 95.9 Å². The van der Waals surface area contributed by atoms with Gasteiger partial charge in [0.25, 0.3) is 0 Å². The molecule has 152 valence electrons. The van der Waals surface area contributed by atoms with Crippen LogP contribution in [0.15, 0.2) is 48.5 Å². The van der Waals surface area contributed by atoms with Crippen molar-refractivity contribution >= 4 is 18.0 Å². The van der Waals surface area contributed by atoms with Gasteiger partial charge >= 0.3 is 12.1 Å². The molecule has 2 aromatic carbocycles. The highest BCUT2D eigenvalue weighted by atomic mass is 16.6. The Hall–Kier alpha value is -3.19. The summed E-state index contributed by atoms with van der Waals surface area (Å²) in [6.45, 7) is 1.43. The van der Waals surface area contributed by atoms with E-state index in [1.54, 1.807) is 14.0 Å². The predicted molar refractivity (Wildman–Crippen MR) is 108 cm³/mol. The van der Waals surface area contributed by atoms with E-state index in [9.17, 15) is 14.4 Å². The van der Waals surface area contributed by atoms with E-state index in [2.05, 4.69) is 5.32 Å². The molecule has 29 heavy (non-hydrogen) atoms. The number of benzene rings is 2. The molecular formula is C22H24N2O5. The number of carbonyl (C=O) groups is 3. The number of nitrogens with one attached hydrogen (secondary N) is 1. The van der Waals surface area contributed by atoms with Gasteiger partial charge in [-0.25, -0.2) is 9.69 Å². The van der Waals surface area contributed by atoms with Crippen LogP contribution in [0.3, 0.4) is 0 Å². The van der Waals surface area contributed by atoms with Gasteiger partial charge in [-0.05, 0) is 36.2 Å². The number of carboxylic acid groups (broad SMARTS) is 1. The maximum atomic E-state index is 12.7. The number of aliphatic carboxylic acids is 1. The van der Waals surface area contributed by atoms with Crippen LogP contribution in [0, 0.1) is 0 Å². The third-order valence-electron chi connectivity index (χ3n) is 5.18. The summed E-state index contributed by atoms with van der Waals surface area (Å²) in [5, 5.41) is 11.7. The summed E-state index contributed by atoms with van der Waals surface area (Å²) in [6.07, 6.45) is -1.17. The minimum atomic E-state index is -1.09. The molecule has 0 saturated heterocycles. The molecule has 0 aromatic heterocycles. The largest absolute Gasteiger partial charge is 0.481 e. The first-order chi connectivity index (χ1) is 13.9. The van der Waals surface area contributed by atoms with Gasteiger partial charge in [-0.15, -0.1) is 0 Å². The Morgan fingerprint density at radius 3 is 2.14 bits per heavy atom. The normalized spacial score (nSPS) is 13.3. The molecule has 0 heterocycles. The quantitative estimate of drug-likeness (QED) is 0.747. The van der Waals surface area contributed by atoms with E-state index in [1.807, 2.05) is 48.5 Å². The molecule has 0 unspecified atom stereocenters. The fourth-order valence-electron chi connectivity index (χ4n) is 3.53. The lowest BCUT2D eigenvalue weighted by atomic mass is 9.98. The Morgan fingerprint density at radius 2 is 1.62 bits per heavy atom. The lowest BCUT2D eigenvalue weighted by molar-refractivity contribution is -0.138. The van der Waals surface area contributed by atoms with Crippen LogP contribution in [-0.4, -0.2) is 54.2 Å². The second kappa shape index (κ2) is 8.87. The van der Waals surface area contributed by atoms with Gasteiger partial charge in [-0.1, -0.05) is 48.5 Å². The molecule has 3 rings (SSSR count). The molecule has 7 nitrogen and oxygen atoms in total. The summed E-state index contributed by atoms with van der Waals surface area (Å²) < 4.78 is 5.50. The number of imide groups is 1. The number of amides is 2. The maximum absolute atomic E-state index is 12.7. The van der Waals surface area contributed by atoms with Gasteiger partial charge in [0.05, 0.1) is 12.5 Å². The van der Waals surface area contributed by atoms with Crippen LogP contribution in [0.2, 0.25) is 0 Å². The van der Waals surface area contributed by atoms with Crippen molar-refractivity contribution in [2.45, 2.75) is 25.3 Å². The zero-order valence-electron chi connectivity index (χ0n) is 16.4. The van der Waals surface area contributed by atoms with Crippen LogP contribution >= 0.6 is 0 Å². The molecule has 1 aliphatic carbocycles. The van der Waals surface area contributed by atoms with Gasteiger partial charge in [0.1, 0.15) is 6.61 Å². The smallest absolute Gasteiger partial charge is 0.416 e. The molecule has 0 spiro atoms. The molecule has 1 atom stereocenters. The lowest BCUT2D eigenvalue weighted by Crippen LogP contribution is -2.47. The molecule has 1 aliphatic rings. The van der Waals surface area contributed by atoms with E-state index in [1.165, 1.54) is 0 Å². The SMILES string of the molecule is CN[C@@H](C)C(=O)N(CCC(=O)O)C(=O)OCC1c2ccccc2-c2ccccc21. The highest BCUT2D eigenvalue weighted by molar-refractivity contribution is 5.95. The Kier molecular flexibility index (Phi) is 6.29. The molecule has 0 bridgehead atoms. The first-order valence-electron chi connectivity index (χ1n) is 9.49. The summed E-state index contributed by atoms with van der Waals surface area (Å²) >= 11 is 0. The van der Waals surface area contributed by atoms with Gasteiger partial charge in [0.15, 0.2) is 0 Å². The molecular weight excluding hydrogens is 372 g/mol. The van der Waals surface area contributed by atoms with Gasteiger partial charge < -0.3 is 15.2 Å². The number of likely N-dealkylation sites (N-methyl/N-ethyl adjacent to an activating group) is 1. The summed E-state index contributed by atoms with van der Waals surface area (Å²) in [4.78, 5) is 36.9. The molecule has 2 amide bonds. The lowest BCUT2D eigenvalue weighted by Gasteiger charge is -2.24. The van der Waals surface area contributed by atoms with Crippen LogP contribution in [0.25, 0.3) is 11.1 Å². The van der Waals surface area contributed by atoms with Gasteiger partial charge in [0, 0.05) is 12.5 Å². The van der Waals surface area contributed by atoms with Crippen LogP contribution in [0.4, 0.5) is 4.79 Å². The molecule has 0 aliphatic heterocycles. The third-order valence-corrected chi connectivity index (χ3v) is 5.18. The standard InChI is InChI=1S/C22H24N2O5/c1-14(23-2)21(27)24(12-11-20(25)26)22(28)29-13-19-17-9-5-3-7-15(17)16-8-4-6-10-18(16)19/h3-10,14,19,23H,11-13H2,1-2H3,(H,25,26)/t14-/m0/s1. The molecule has 0 saturated carbocycles. The van der Waals surface area contributed by atoms with Crippen molar-refractivity contribution in [3.8, 4) is 11.1 Å². The van der Waals surface area contributed by atoms with E-state index in [-0.39, 0.29) is 25.5 Å². The van der Waals surface area contributed by atoms with Crippen LogP contribution in [-0.2, 0) is 14.3 Å². The number of nitrogens with zero attached hydrogens (tertiary/aromatic N) is 1. The minimum absolute atomic E-state index is 0.0671. The zero-order valence-corrected chi connectivity index (χ0v) is 16.4. The monoisotopic (exact) mass is 396 g/mol. The highest BCUT2D eigenvalue weighted by Gasteiger charge is 2.31. The number of carbonyl (C=O) groups excluding carboxylic acids is 2. The average molecular weight is 396 g/mol. The third kappa shape index (κ3) is 4.30. The van der Waals surface area contributed by atoms with E-state index in [0.29, 0.717) is 0 Å². The Labute approximate surface area is 169 Å². The van der Waals surface area contributed by atoms with Gasteiger partial charge in [0.2, 0.25) is 5.91 Å². The fourth-order valence-corrected chi connectivity index (χ4v) is 3.53. The highest BCUT2D eigenvalue weighted by Crippen LogP contribution is 2.44. The van der Waals surface area contributed by atoms with E-state index in [4.69, 9.17) is 9.84 Å². The van der Waals surface area contributed by atoms with Crippen molar-refractivity contribution in [3.05, 3.63) is 59.7 Å². The number of carboxylic acids is 1. The van der Waals surface area contributed by atoms with Crippen molar-refractivity contribution in [3.63, 3.8) is 0 Å². The number of hydrogen-bond acceptors (Lipinski definition) is 5. The Bertz CT molecular complexity index is 881. The second-order valence-corrected chi connectivity index (χ2v) is 6.95. The Balaban J connectivity index is 1.77. The zero-order chi connectivity index (χ0) is 21.0. The maximum Gasteiger partial charge on any atom is 0.416 e. The molecule has 2 aromatic rings. The van der Waals surface area contributed by atoms with Crippen LogP contribution in [0.1, 0.15) is 30.4 Å². The minimum Gasteiger partial charge on any atom is -0.481 e. The van der Waals surface area contributed by atoms with Crippen molar-refractivity contribution in [1.29, 1.82) is 0 Å². The fraction of sp³-hybridized carbons (Fsp3) is 0.318. The van der Waals surface area contributed by atoms with Crippen molar-refractivity contribution < 1.29 is 24.2 Å². The number of hydrogen-bond donors (Lipinski definition) is 2. The Morgan fingerprint density at radius 1 is 1.07 bits per heavy atom. The van der Waals surface area contributed by atoms with Gasteiger partial charge in [-0.2, -0.15) is 0 Å². The first kappa shape index (κ1) is 20.5. The summed E-state index contributed by atoms with van der Waals surface area (Å²) in [6, 6.07) is 15.3. The van der Waals surface area contributed by atoms with E-state index in [0.717, 1.165) is 27.2 Å². The summed E-state index contributed by atoms with van der Waals surface area (Å²) in [5.74, 6) is -1.75. The van der Waals surface area contributed by atoms with Crippen molar-refractivity contribution in [1.82, 2.24) is 10.2 Å².